The normalized spacial score (nSPS) is 26.5. The van der Waals surface area contributed by atoms with Crippen molar-refractivity contribution in [1.82, 2.24) is 20.2 Å². The molecule has 2 aromatic rings. The van der Waals surface area contributed by atoms with E-state index in [9.17, 15) is 0 Å². The Kier molecular flexibility index (Phi) is 2.94. The zero-order chi connectivity index (χ0) is 13.3. The van der Waals surface area contributed by atoms with Gasteiger partial charge in [0, 0.05) is 6.61 Å². The lowest BCUT2D eigenvalue weighted by molar-refractivity contribution is 0.105. The summed E-state index contributed by atoms with van der Waals surface area (Å²) in [6.07, 6.45) is 1.07. The minimum absolute atomic E-state index is 0.133. The topological polar surface area (TPSA) is 64.9 Å². The number of aromatic nitrogens is 4. The van der Waals surface area contributed by atoms with Gasteiger partial charge in [0.15, 0.2) is 0 Å². The molecule has 0 amide bonds. The van der Waals surface area contributed by atoms with Gasteiger partial charge in [0.1, 0.15) is 0 Å². The Morgan fingerprint density at radius 1 is 1.37 bits per heavy atom. The van der Waals surface area contributed by atoms with Crippen LogP contribution in [-0.2, 0) is 4.74 Å². The number of nitrogens with one attached hydrogen (secondary N) is 1. The SMILES string of the molecule is CC1OCCC1(C)Nc1nnnn1-c1ccccc1. The molecule has 1 fully saturated rings. The highest BCUT2D eigenvalue weighted by atomic mass is 16.5. The van der Waals surface area contributed by atoms with Crippen molar-refractivity contribution in [1.29, 1.82) is 0 Å². The molecule has 2 unspecified atom stereocenters. The number of benzene rings is 1. The maximum Gasteiger partial charge on any atom is 0.248 e. The molecule has 1 N–H and O–H groups in total. The van der Waals surface area contributed by atoms with Crippen molar-refractivity contribution in [3.8, 4) is 5.69 Å². The van der Waals surface area contributed by atoms with Crippen molar-refractivity contribution >= 4 is 5.95 Å². The van der Waals surface area contributed by atoms with Gasteiger partial charge in [0.05, 0.1) is 17.3 Å². The fourth-order valence-electron chi connectivity index (χ4n) is 2.26. The first-order valence-corrected chi connectivity index (χ1v) is 6.43. The smallest absolute Gasteiger partial charge is 0.248 e. The molecule has 6 nitrogen and oxygen atoms in total. The molecule has 0 spiro atoms. The Hall–Kier alpha value is -1.95. The molecule has 1 aromatic heterocycles. The molecule has 1 saturated heterocycles. The average molecular weight is 259 g/mol. The van der Waals surface area contributed by atoms with E-state index in [2.05, 4.69) is 34.7 Å². The van der Waals surface area contributed by atoms with Crippen molar-refractivity contribution < 1.29 is 4.74 Å². The lowest BCUT2D eigenvalue weighted by Gasteiger charge is -2.28. The molecule has 0 bridgehead atoms. The highest BCUT2D eigenvalue weighted by molar-refractivity contribution is 5.40. The average Bonchev–Trinajstić information content (AvgIpc) is 2.99. The molecule has 1 aromatic carbocycles. The molecule has 0 saturated carbocycles. The standard InChI is InChI=1S/C13H17N5O/c1-10-13(2,8-9-19-10)14-12-15-16-17-18(12)11-6-4-3-5-7-11/h3-7,10H,8-9H2,1-2H3,(H,14,15,17). The third kappa shape index (κ3) is 2.19. The van der Waals surface area contributed by atoms with E-state index < -0.39 is 0 Å². The second-order valence-corrected chi connectivity index (χ2v) is 5.06. The van der Waals surface area contributed by atoms with Crippen LogP contribution in [0.5, 0.6) is 0 Å². The van der Waals surface area contributed by atoms with E-state index >= 15 is 0 Å². The van der Waals surface area contributed by atoms with Crippen LogP contribution in [0.15, 0.2) is 30.3 Å². The van der Waals surface area contributed by atoms with Gasteiger partial charge in [-0.15, -0.1) is 0 Å². The summed E-state index contributed by atoms with van der Waals surface area (Å²) in [4.78, 5) is 0. The number of rotatable bonds is 3. The van der Waals surface area contributed by atoms with Gasteiger partial charge in [-0.1, -0.05) is 23.3 Å². The number of tetrazole rings is 1. The van der Waals surface area contributed by atoms with Crippen molar-refractivity contribution in [3.63, 3.8) is 0 Å². The summed E-state index contributed by atoms with van der Waals surface area (Å²) >= 11 is 0. The van der Waals surface area contributed by atoms with E-state index in [4.69, 9.17) is 4.74 Å². The van der Waals surface area contributed by atoms with E-state index in [1.165, 1.54) is 0 Å². The molecule has 2 atom stereocenters. The first-order valence-electron chi connectivity index (χ1n) is 6.43. The predicted molar refractivity (Wildman–Crippen MR) is 71.2 cm³/mol. The Labute approximate surface area is 111 Å². The third-order valence-corrected chi connectivity index (χ3v) is 3.75. The first-order chi connectivity index (χ1) is 9.19. The van der Waals surface area contributed by atoms with Crippen molar-refractivity contribution in [3.05, 3.63) is 30.3 Å². The number of nitrogens with zero attached hydrogens (tertiary/aromatic N) is 4. The highest BCUT2D eigenvalue weighted by Gasteiger charge is 2.38. The lowest BCUT2D eigenvalue weighted by atomic mass is 9.95. The second-order valence-electron chi connectivity index (χ2n) is 5.06. The minimum Gasteiger partial charge on any atom is -0.376 e. The van der Waals surface area contributed by atoms with Gasteiger partial charge in [-0.3, -0.25) is 0 Å². The van der Waals surface area contributed by atoms with Gasteiger partial charge in [-0.25, -0.2) is 0 Å². The molecule has 2 heterocycles. The number of para-hydroxylation sites is 1. The van der Waals surface area contributed by atoms with Crippen molar-refractivity contribution in [2.75, 3.05) is 11.9 Å². The van der Waals surface area contributed by atoms with Crippen LogP contribution in [0.1, 0.15) is 20.3 Å². The summed E-state index contributed by atoms with van der Waals surface area (Å²) in [5.41, 5.74) is 0.798. The number of anilines is 1. The molecule has 6 heteroatoms. The highest BCUT2D eigenvalue weighted by Crippen LogP contribution is 2.29. The van der Waals surface area contributed by atoms with Crippen LogP contribution in [0.4, 0.5) is 5.95 Å². The minimum atomic E-state index is -0.138. The number of ether oxygens (including phenoxy) is 1. The number of hydrogen-bond acceptors (Lipinski definition) is 5. The summed E-state index contributed by atoms with van der Waals surface area (Å²) < 4.78 is 7.33. The first kappa shape index (κ1) is 12.1. The monoisotopic (exact) mass is 259 g/mol. The molecule has 3 rings (SSSR count). The van der Waals surface area contributed by atoms with Crippen LogP contribution < -0.4 is 5.32 Å². The molecule has 1 aliphatic rings. The van der Waals surface area contributed by atoms with E-state index in [1.54, 1.807) is 4.68 Å². The molecule has 1 aliphatic heterocycles. The zero-order valence-electron chi connectivity index (χ0n) is 11.1. The molecule has 100 valence electrons. The Balaban J connectivity index is 1.89. The van der Waals surface area contributed by atoms with Crippen LogP contribution in [0, 0.1) is 0 Å². The largest absolute Gasteiger partial charge is 0.376 e. The Bertz CT molecular complexity index is 555. The summed E-state index contributed by atoms with van der Waals surface area (Å²) in [5.74, 6) is 0.644. The second kappa shape index (κ2) is 4.62. The molecule has 0 aliphatic carbocycles. The fourth-order valence-corrected chi connectivity index (χ4v) is 2.26. The zero-order valence-corrected chi connectivity index (χ0v) is 11.1. The number of hydrogen-bond donors (Lipinski definition) is 1. The van der Waals surface area contributed by atoms with Crippen molar-refractivity contribution in [2.24, 2.45) is 0 Å². The van der Waals surface area contributed by atoms with Crippen LogP contribution in [0.2, 0.25) is 0 Å². The molecule has 0 radical (unpaired) electrons. The van der Waals surface area contributed by atoms with Gasteiger partial charge < -0.3 is 10.1 Å². The Morgan fingerprint density at radius 2 is 2.16 bits per heavy atom. The van der Waals surface area contributed by atoms with Crippen LogP contribution in [-0.4, -0.2) is 38.5 Å². The van der Waals surface area contributed by atoms with Crippen LogP contribution >= 0.6 is 0 Å². The van der Waals surface area contributed by atoms with Gasteiger partial charge in [0.2, 0.25) is 5.95 Å². The fraction of sp³-hybridized carbons (Fsp3) is 0.462. The lowest BCUT2D eigenvalue weighted by Crippen LogP contribution is -2.42. The predicted octanol–water partition coefficient (Wildman–Crippen LogP) is 1.64. The van der Waals surface area contributed by atoms with Gasteiger partial charge in [0.25, 0.3) is 0 Å². The van der Waals surface area contributed by atoms with E-state index in [-0.39, 0.29) is 11.6 Å². The maximum atomic E-state index is 5.62. The van der Waals surface area contributed by atoms with Crippen LogP contribution in [0.25, 0.3) is 5.69 Å². The summed E-state index contributed by atoms with van der Waals surface area (Å²) in [5, 5.41) is 15.3. The van der Waals surface area contributed by atoms with Crippen molar-refractivity contribution in [2.45, 2.75) is 31.9 Å². The quantitative estimate of drug-likeness (QED) is 0.907. The molecular weight excluding hydrogens is 242 g/mol. The van der Waals surface area contributed by atoms with Gasteiger partial charge in [-0.2, -0.15) is 4.68 Å². The summed E-state index contributed by atoms with van der Waals surface area (Å²) in [6.45, 7) is 4.96. The van der Waals surface area contributed by atoms with Gasteiger partial charge >= 0.3 is 0 Å². The van der Waals surface area contributed by atoms with E-state index in [0.29, 0.717) is 5.95 Å². The van der Waals surface area contributed by atoms with E-state index in [1.807, 2.05) is 30.3 Å². The molecule has 19 heavy (non-hydrogen) atoms. The molecular formula is C13H17N5O. The summed E-state index contributed by atoms with van der Waals surface area (Å²) in [6, 6.07) is 9.83. The summed E-state index contributed by atoms with van der Waals surface area (Å²) in [7, 11) is 0. The Morgan fingerprint density at radius 3 is 2.84 bits per heavy atom. The van der Waals surface area contributed by atoms with Crippen LogP contribution in [0.3, 0.4) is 0 Å². The van der Waals surface area contributed by atoms with Gasteiger partial charge in [-0.05, 0) is 42.8 Å². The maximum absolute atomic E-state index is 5.62. The van der Waals surface area contributed by atoms with E-state index in [0.717, 1.165) is 18.7 Å². The third-order valence-electron chi connectivity index (χ3n) is 3.75.